The van der Waals surface area contributed by atoms with Gasteiger partial charge in [0.2, 0.25) is 10.0 Å². The van der Waals surface area contributed by atoms with Crippen LogP contribution in [0, 0.1) is 5.82 Å². The van der Waals surface area contributed by atoms with Gasteiger partial charge in [-0.1, -0.05) is 17.7 Å². The lowest BCUT2D eigenvalue weighted by molar-refractivity contribution is 0.568. The molecule has 0 spiro atoms. The van der Waals surface area contributed by atoms with Gasteiger partial charge in [-0.3, -0.25) is 0 Å². The number of rotatable bonds is 4. The van der Waals surface area contributed by atoms with Crippen LogP contribution in [-0.4, -0.2) is 14.5 Å². The fourth-order valence-electron chi connectivity index (χ4n) is 1.25. The van der Waals surface area contributed by atoms with Crippen molar-refractivity contribution in [2.75, 3.05) is 0 Å². The summed E-state index contributed by atoms with van der Waals surface area (Å²) >= 11 is 5.50. The lowest BCUT2D eigenvalue weighted by Crippen LogP contribution is -2.31. The summed E-state index contributed by atoms with van der Waals surface area (Å²) in [5.74, 6) is -0.863. The maximum absolute atomic E-state index is 13.1. The Morgan fingerprint density at radius 3 is 2.56 bits per heavy atom. The second kappa shape index (κ2) is 5.12. The highest BCUT2D eigenvalue weighted by Crippen LogP contribution is 2.16. The van der Waals surface area contributed by atoms with E-state index in [1.807, 2.05) is 0 Å². The van der Waals surface area contributed by atoms with E-state index < -0.39 is 15.8 Å². The normalized spacial score (nSPS) is 12.1. The second-order valence-corrected chi connectivity index (χ2v) is 5.94. The minimum Gasteiger partial charge on any atom is -0.212 e. The van der Waals surface area contributed by atoms with E-state index >= 15 is 0 Å². The SMILES string of the molecule is CC(C)NS(=O)(=O)Cc1ccc(Cl)c(F)c1. The Labute approximate surface area is 99.7 Å². The number of nitrogens with one attached hydrogen (secondary N) is 1. The summed E-state index contributed by atoms with van der Waals surface area (Å²) in [6, 6.07) is 3.78. The van der Waals surface area contributed by atoms with Crippen LogP contribution in [0.2, 0.25) is 5.02 Å². The molecular weight excluding hydrogens is 253 g/mol. The van der Waals surface area contributed by atoms with Crippen molar-refractivity contribution in [1.82, 2.24) is 4.72 Å². The van der Waals surface area contributed by atoms with E-state index in [9.17, 15) is 12.8 Å². The van der Waals surface area contributed by atoms with E-state index in [0.29, 0.717) is 5.56 Å². The molecule has 1 aromatic rings. The summed E-state index contributed by atoms with van der Waals surface area (Å²) in [7, 11) is -3.42. The number of benzene rings is 1. The summed E-state index contributed by atoms with van der Waals surface area (Å²) in [4.78, 5) is 0. The quantitative estimate of drug-likeness (QED) is 0.908. The van der Waals surface area contributed by atoms with Crippen molar-refractivity contribution in [1.29, 1.82) is 0 Å². The number of sulfonamides is 1. The zero-order valence-corrected chi connectivity index (χ0v) is 10.6. The predicted octanol–water partition coefficient (Wildman–Crippen LogP) is 2.31. The van der Waals surface area contributed by atoms with Crippen LogP contribution < -0.4 is 4.72 Å². The van der Waals surface area contributed by atoms with Crippen LogP contribution in [0.25, 0.3) is 0 Å². The van der Waals surface area contributed by atoms with Crippen LogP contribution in [0.3, 0.4) is 0 Å². The topological polar surface area (TPSA) is 46.2 Å². The summed E-state index contributed by atoms with van der Waals surface area (Å²) < 4.78 is 38.6. The first-order chi connectivity index (χ1) is 7.30. The number of hydrogen-bond acceptors (Lipinski definition) is 2. The molecule has 0 aromatic heterocycles. The van der Waals surface area contributed by atoms with Gasteiger partial charge >= 0.3 is 0 Å². The Balaban J connectivity index is 2.84. The Bertz CT molecular complexity index is 474. The van der Waals surface area contributed by atoms with Gasteiger partial charge in [-0.2, -0.15) is 0 Å². The molecule has 0 aliphatic carbocycles. The van der Waals surface area contributed by atoms with Gasteiger partial charge in [-0.15, -0.1) is 0 Å². The van der Waals surface area contributed by atoms with Crippen molar-refractivity contribution in [3.8, 4) is 0 Å². The Morgan fingerprint density at radius 1 is 1.44 bits per heavy atom. The van der Waals surface area contributed by atoms with Gasteiger partial charge in [0.1, 0.15) is 5.82 Å². The smallest absolute Gasteiger partial charge is 0.212 e. The second-order valence-electron chi connectivity index (χ2n) is 3.78. The maximum Gasteiger partial charge on any atom is 0.216 e. The van der Waals surface area contributed by atoms with Crippen molar-refractivity contribution in [2.24, 2.45) is 0 Å². The molecule has 0 fully saturated rings. The van der Waals surface area contributed by atoms with Crippen molar-refractivity contribution >= 4 is 21.6 Å². The van der Waals surface area contributed by atoms with Crippen LogP contribution >= 0.6 is 11.6 Å². The lowest BCUT2D eigenvalue weighted by atomic mass is 10.2. The third kappa shape index (κ3) is 4.08. The van der Waals surface area contributed by atoms with Crippen LogP contribution in [-0.2, 0) is 15.8 Å². The Morgan fingerprint density at radius 2 is 2.06 bits per heavy atom. The molecule has 0 aliphatic rings. The molecule has 3 nitrogen and oxygen atoms in total. The molecule has 90 valence electrons. The Kier molecular flexibility index (Phi) is 4.29. The van der Waals surface area contributed by atoms with Crippen molar-refractivity contribution < 1.29 is 12.8 Å². The van der Waals surface area contributed by atoms with E-state index in [4.69, 9.17) is 11.6 Å². The van der Waals surface area contributed by atoms with Gasteiger partial charge in [0, 0.05) is 6.04 Å². The maximum atomic E-state index is 13.1. The highest BCUT2D eigenvalue weighted by Gasteiger charge is 2.13. The predicted molar refractivity (Wildman–Crippen MR) is 62.3 cm³/mol. The molecule has 0 radical (unpaired) electrons. The monoisotopic (exact) mass is 265 g/mol. The molecule has 1 N–H and O–H groups in total. The molecule has 16 heavy (non-hydrogen) atoms. The highest BCUT2D eigenvalue weighted by atomic mass is 35.5. The minimum atomic E-state index is -3.42. The van der Waals surface area contributed by atoms with E-state index in [0.717, 1.165) is 6.07 Å². The zero-order chi connectivity index (χ0) is 12.3. The van der Waals surface area contributed by atoms with Crippen molar-refractivity contribution in [2.45, 2.75) is 25.6 Å². The molecule has 0 saturated carbocycles. The van der Waals surface area contributed by atoms with Crippen LogP contribution in [0.4, 0.5) is 4.39 Å². The summed E-state index contributed by atoms with van der Waals surface area (Å²) in [5.41, 5.74) is 0.370. The molecule has 0 bridgehead atoms. The largest absolute Gasteiger partial charge is 0.216 e. The van der Waals surface area contributed by atoms with E-state index in [-0.39, 0.29) is 16.8 Å². The fraction of sp³-hybridized carbons (Fsp3) is 0.400. The summed E-state index contributed by atoms with van der Waals surface area (Å²) in [6.07, 6.45) is 0. The molecule has 0 atom stereocenters. The molecule has 0 unspecified atom stereocenters. The van der Waals surface area contributed by atoms with Crippen LogP contribution in [0.1, 0.15) is 19.4 Å². The third-order valence-corrected chi connectivity index (χ3v) is 3.61. The molecule has 1 rings (SSSR count). The van der Waals surface area contributed by atoms with Gasteiger partial charge in [0.25, 0.3) is 0 Å². The van der Waals surface area contributed by atoms with Crippen molar-refractivity contribution in [3.05, 3.63) is 34.6 Å². The molecular formula is C10H13ClFNO2S. The fourth-order valence-corrected chi connectivity index (χ4v) is 2.79. The number of hydrogen-bond donors (Lipinski definition) is 1. The van der Waals surface area contributed by atoms with Gasteiger partial charge in [-0.05, 0) is 31.5 Å². The first-order valence-corrected chi connectivity index (χ1v) is 6.77. The molecule has 0 saturated heterocycles. The minimum absolute atomic E-state index is 0.0158. The molecule has 0 aliphatic heterocycles. The Hall–Kier alpha value is -0.650. The molecule has 1 aromatic carbocycles. The van der Waals surface area contributed by atoms with Gasteiger partial charge in [0.15, 0.2) is 0 Å². The standard InChI is InChI=1S/C10H13ClFNO2S/c1-7(2)13-16(14,15)6-8-3-4-9(11)10(12)5-8/h3-5,7,13H,6H2,1-2H3. The average Bonchev–Trinajstić information content (AvgIpc) is 2.08. The van der Waals surface area contributed by atoms with Crippen molar-refractivity contribution in [3.63, 3.8) is 0 Å². The summed E-state index contributed by atoms with van der Waals surface area (Å²) in [6.45, 7) is 3.44. The zero-order valence-electron chi connectivity index (χ0n) is 9.00. The molecule has 6 heteroatoms. The van der Waals surface area contributed by atoms with Gasteiger partial charge in [-0.25, -0.2) is 17.5 Å². The molecule has 0 amide bonds. The van der Waals surface area contributed by atoms with Gasteiger partial charge in [0.05, 0.1) is 10.8 Å². The summed E-state index contributed by atoms with van der Waals surface area (Å²) in [5, 5.41) is -0.0158. The third-order valence-electron chi connectivity index (χ3n) is 1.76. The first kappa shape index (κ1) is 13.4. The first-order valence-electron chi connectivity index (χ1n) is 4.74. The van der Waals surface area contributed by atoms with E-state index in [1.54, 1.807) is 13.8 Å². The van der Waals surface area contributed by atoms with Gasteiger partial charge < -0.3 is 0 Å². The average molecular weight is 266 g/mol. The van der Waals surface area contributed by atoms with E-state index in [2.05, 4.69) is 4.72 Å². The van der Waals surface area contributed by atoms with Crippen LogP contribution in [0.15, 0.2) is 18.2 Å². The van der Waals surface area contributed by atoms with E-state index in [1.165, 1.54) is 12.1 Å². The van der Waals surface area contributed by atoms with Crippen LogP contribution in [0.5, 0.6) is 0 Å². The highest BCUT2D eigenvalue weighted by molar-refractivity contribution is 7.88. The molecule has 0 heterocycles. The lowest BCUT2D eigenvalue weighted by Gasteiger charge is -2.09. The number of halogens is 2.